The van der Waals surface area contributed by atoms with Crippen LogP contribution in [0.15, 0.2) is 18.2 Å². The summed E-state index contributed by atoms with van der Waals surface area (Å²) in [5, 5.41) is 12.2. The molecule has 0 amide bonds. The van der Waals surface area contributed by atoms with Gasteiger partial charge in [-0.25, -0.2) is 0 Å². The Labute approximate surface area is 105 Å². The fourth-order valence-electron chi connectivity index (χ4n) is 1.86. The maximum absolute atomic E-state index is 8.78. The molecule has 0 heterocycles. The Morgan fingerprint density at radius 1 is 1.24 bits per heavy atom. The van der Waals surface area contributed by atoms with Gasteiger partial charge in [0.1, 0.15) is 0 Å². The summed E-state index contributed by atoms with van der Waals surface area (Å²) >= 11 is 0. The minimum Gasteiger partial charge on any atom is -0.313 e. The van der Waals surface area contributed by atoms with Crippen LogP contribution in [0.3, 0.4) is 0 Å². The molecule has 0 radical (unpaired) electrons. The molecule has 0 unspecified atom stereocenters. The molecule has 0 fully saturated rings. The van der Waals surface area contributed by atoms with Crippen molar-refractivity contribution in [3.05, 3.63) is 34.9 Å². The van der Waals surface area contributed by atoms with E-state index in [9.17, 15) is 0 Å². The van der Waals surface area contributed by atoms with Gasteiger partial charge in [-0.05, 0) is 43.1 Å². The maximum atomic E-state index is 8.78. The molecular weight excluding hydrogens is 208 g/mol. The van der Waals surface area contributed by atoms with Crippen LogP contribution < -0.4 is 5.32 Å². The van der Waals surface area contributed by atoms with Crippen molar-refractivity contribution in [2.75, 3.05) is 6.54 Å². The Balaban J connectivity index is 2.30. The number of rotatable bonds is 7. The molecule has 0 aliphatic heterocycles. The van der Waals surface area contributed by atoms with E-state index in [4.69, 9.17) is 5.26 Å². The molecule has 1 aromatic rings. The molecule has 0 saturated heterocycles. The minimum atomic E-state index is 0.745. The van der Waals surface area contributed by atoms with Crippen molar-refractivity contribution < 1.29 is 0 Å². The van der Waals surface area contributed by atoms with Gasteiger partial charge in [0.15, 0.2) is 0 Å². The first-order chi connectivity index (χ1) is 8.27. The molecule has 1 rings (SSSR count). The summed E-state index contributed by atoms with van der Waals surface area (Å²) in [6, 6.07) is 8.06. The van der Waals surface area contributed by atoms with E-state index in [0.29, 0.717) is 0 Å². The molecule has 1 N–H and O–H groups in total. The third kappa shape index (κ3) is 5.01. The van der Waals surface area contributed by atoms with Crippen LogP contribution in [0.1, 0.15) is 49.3 Å². The van der Waals surface area contributed by atoms with Crippen LogP contribution in [0.25, 0.3) is 0 Å². The fraction of sp³-hybridized carbons (Fsp3) is 0.533. The highest BCUT2D eigenvalue weighted by atomic mass is 14.8. The molecule has 17 heavy (non-hydrogen) atoms. The lowest BCUT2D eigenvalue weighted by Gasteiger charge is -2.08. The van der Waals surface area contributed by atoms with Crippen LogP contribution in [-0.4, -0.2) is 6.54 Å². The van der Waals surface area contributed by atoms with Crippen LogP contribution >= 0.6 is 0 Å². The van der Waals surface area contributed by atoms with E-state index < -0.39 is 0 Å². The quantitative estimate of drug-likeness (QED) is 0.727. The smallest absolute Gasteiger partial charge is 0.0991 e. The lowest BCUT2D eigenvalue weighted by molar-refractivity contribution is 0.597. The van der Waals surface area contributed by atoms with E-state index in [1.165, 1.54) is 36.8 Å². The van der Waals surface area contributed by atoms with Crippen molar-refractivity contribution in [2.24, 2.45) is 0 Å². The van der Waals surface area contributed by atoms with Crippen molar-refractivity contribution in [3.8, 4) is 6.07 Å². The van der Waals surface area contributed by atoms with Gasteiger partial charge in [0.2, 0.25) is 0 Å². The topological polar surface area (TPSA) is 35.8 Å². The second kappa shape index (κ2) is 7.86. The summed E-state index contributed by atoms with van der Waals surface area (Å²) in [5.74, 6) is 0. The highest BCUT2D eigenvalue weighted by Crippen LogP contribution is 2.10. The number of nitrogens with one attached hydrogen (secondary N) is 1. The van der Waals surface area contributed by atoms with E-state index >= 15 is 0 Å². The van der Waals surface area contributed by atoms with Crippen LogP contribution in [0, 0.1) is 18.3 Å². The third-order valence-electron chi connectivity index (χ3n) is 2.99. The summed E-state index contributed by atoms with van der Waals surface area (Å²) < 4.78 is 0. The number of hydrogen-bond donors (Lipinski definition) is 1. The highest BCUT2D eigenvalue weighted by molar-refractivity contribution is 5.37. The van der Waals surface area contributed by atoms with Gasteiger partial charge in [-0.2, -0.15) is 5.26 Å². The van der Waals surface area contributed by atoms with Crippen LogP contribution in [0.4, 0.5) is 0 Å². The lowest BCUT2D eigenvalue weighted by atomic mass is 10.1. The Hall–Kier alpha value is -1.33. The van der Waals surface area contributed by atoms with Crippen molar-refractivity contribution in [2.45, 2.75) is 46.1 Å². The van der Waals surface area contributed by atoms with Crippen LogP contribution in [0.5, 0.6) is 0 Å². The van der Waals surface area contributed by atoms with Gasteiger partial charge in [0.25, 0.3) is 0 Å². The maximum Gasteiger partial charge on any atom is 0.0991 e. The molecular formula is C15H22N2. The van der Waals surface area contributed by atoms with Gasteiger partial charge in [0, 0.05) is 6.54 Å². The monoisotopic (exact) mass is 230 g/mol. The first kappa shape index (κ1) is 13.7. The van der Waals surface area contributed by atoms with Gasteiger partial charge in [-0.15, -0.1) is 0 Å². The predicted molar refractivity (Wildman–Crippen MR) is 71.7 cm³/mol. The molecule has 0 atom stereocenters. The zero-order valence-electron chi connectivity index (χ0n) is 10.9. The summed E-state index contributed by atoms with van der Waals surface area (Å²) in [6.07, 6.45) is 5.19. The molecule has 0 aliphatic rings. The van der Waals surface area contributed by atoms with Gasteiger partial charge in [-0.3, -0.25) is 0 Å². The largest absolute Gasteiger partial charge is 0.313 e. The van der Waals surface area contributed by atoms with E-state index in [2.05, 4.69) is 25.2 Å². The van der Waals surface area contributed by atoms with E-state index in [-0.39, 0.29) is 0 Å². The molecule has 0 spiro atoms. The number of benzene rings is 1. The molecule has 0 saturated carbocycles. The fourth-order valence-corrected chi connectivity index (χ4v) is 1.86. The molecule has 0 bridgehead atoms. The standard InChI is InChI=1S/C15H22N2/c1-3-4-5-6-9-17-12-15-8-7-14(11-16)10-13(15)2/h7-8,10,17H,3-6,9,12H2,1-2H3. The van der Waals surface area contributed by atoms with Crippen LogP contribution in [-0.2, 0) is 6.54 Å². The second-order valence-electron chi connectivity index (χ2n) is 4.49. The molecule has 0 aromatic heterocycles. The van der Waals surface area contributed by atoms with Gasteiger partial charge in [-0.1, -0.05) is 32.3 Å². The van der Waals surface area contributed by atoms with E-state index in [0.717, 1.165) is 18.7 Å². The van der Waals surface area contributed by atoms with E-state index in [1.807, 2.05) is 18.2 Å². The molecule has 2 nitrogen and oxygen atoms in total. The van der Waals surface area contributed by atoms with E-state index in [1.54, 1.807) is 0 Å². The molecule has 1 aromatic carbocycles. The zero-order chi connectivity index (χ0) is 12.5. The first-order valence-corrected chi connectivity index (χ1v) is 6.48. The Bertz CT molecular complexity index is 377. The number of nitrogens with zero attached hydrogens (tertiary/aromatic N) is 1. The molecule has 2 heteroatoms. The Morgan fingerprint density at radius 3 is 2.71 bits per heavy atom. The Morgan fingerprint density at radius 2 is 2.06 bits per heavy atom. The summed E-state index contributed by atoms with van der Waals surface area (Å²) in [7, 11) is 0. The number of unbranched alkanes of at least 4 members (excludes halogenated alkanes) is 3. The van der Waals surface area contributed by atoms with Gasteiger partial charge >= 0.3 is 0 Å². The normalized spacial score (nSPS) is 10.2. The Kier molecular flexibility index (Phi) is 6.35. The van der Waals surface area contributed by atoms with Crippen molar-refractivity contribution in [3.63, 3.8) is 0 Å². The number of nitriles is 1. The van der Waals surface area contributed by atoms with Crippen molar-refractivity contribution in [1.82, 2.24) is 5.32 Å². The molecule has 92 valence electrons. The summed E-state index contributed by atoms with van der Waals surface area (Å²) in [6.45, 7) is 6.28. The van der Waals surface area contributed by atoms with Gasteiger partial charge in [0.05, 0.1) is 11.6 Å². The summed E-state index contributed by atoms with van der Waals surface area (Å²) in [5.41, 5.74) is 3.23. The minimum absolute atomic E-state index is 0.745. The van der Waals surface area contributed by atoms with Crippen molar-refractivity contribution >= 4 is 0 Å². The average molecular weight is 230 g/mol. The predicted octanol–water partition coefficient (Wildman–Crippen LogP) is 3.54. The lowest BCUT2D eigenvalue weighted by Crippen LogP contribution is -2.15. The molecule has 0 aliphatic carbocycles. The summed E-state index contributed by atoms with van der Waals surface area (Å²) in [4.78, 5) is 0. The number of hydrogen-bond acceptors (Lipinski definition) is 2. The average Bonchev–Trinajstić information content (AvgIpc) is 2.35. The number of aryl methyl sites for hydroxylation is 1. The SMILES string of the molecule is CCCCCCNCc1ccc(C#N)cc1C. The van der Waals surface area contributed by atoms with Crippen molar-refractivity contribution in [1.29, 1.82) is 5.26 Å². The first-order valence-electron chi connectivity index (χ1n) is 6.48. The zero-order valence-corrected chi connectivity index (χ0v) is 10.9. The van der Waals surface area contributed by atoms with Gasteiger partial charge < -0.3 is 5.32 Å². The third-order valence-corrected chi connectivity index (χ3v) is 2.99. The highest BCUT2D eigenvalue weighted by Gasteiger charge is 1.99. The van der Waals surface area contributed by atoms with Crippen LogP contribution in [0.2, 0.25) is 0 Å². The second-order valence-corrected chi connectivity index (χ2v) is 4.49.